The van der Waals surface area contributed by atoms with Gasteiger partial charge >= 0.3 is 0 Å². The Kier molecular flexibility index (Phi) is 2.15. The summed E-state index contributed by atoms with van der Waals surface area (Å²) in [5, 5.41) is 9.29. The molecule has 0 bridgehead atoms. The Hall–Kier alpha value is -1.80. The molecule has 2 nitrogen and oxygen atoms in total. The number of para-hydroxylation sites is 1. The van der Waals surface area contributed by atoms with Gasteiger partial charge in [0.1, 0.15) is 11.5 Å². The second kappa shape index (κ2) is 3.65. The molecule has 2 aromatic rings. The molecule has 1 aliphatic rings. The van der Waals surface area contributed by atoms with E-state index in [1.807, 2.05) is 36.4 Å². The monoisotopic (exact) mass is 212 g/mol. The van der Waals surface area contributed by atoms with Crippen molar-refractivity contribution in [2.75, 3.05) is 0 Å². The number of hydrogen-bond acceptors (Lipinski definition) is 2. The quantitative estimate of drug-likeness (QED) is 0.672. The molecule has 0 fully saturated rings. The summed E-state index contributed by atoms with van der Waals surface area (Å²) >= 11 is 0. The Morgan fingerprint density at radius 1 is 1.00 bits per heavy atom. The van der Waals surface area contributed by atoms with E-state index in [4.69, 9.17) is 4.74 Å². The molecular formula is C14H12O2. The minimum Gasteiger partial charge on any atom is -0.457 e. The Morgan fingerprint density at radius 3 is 2.69 bits per heavy atom. The maximum atomic E-state index is 9.29. The van der Waals surface area contributed by atoms with Crippen molar-refractivity contribution in [3.63, 3.8) is 0 Å². The number of hydrogen-bond donors (Lipinski definition) is 1. The maximum Gasteiger partial charge on any atom is 0.131 e. The highest BCUT2D eigenvalue weighted by Gasteiger charge is 2.18. The molecule has 1 N–H and O–H groups in total. The lowest BCUT2D eigenvalue weighted by molar-refractivity contribution is 0.279. The number of aliphatic hydroxyl groups is 1. The van der Waals surface area contributed by atoms with Gasteiger partial charge in [-0.2, -0.15) is 0 Å². The molecule has 0 amide bonds. The lowest BCUT2D eigenvalue weighted by Gasteiger charge is -2.21. The van der Waals surface area contributed by atoms with Crippen molar-refractivity contribution in [2.24, 2.45) is 0 Å². The number of fused-ring (bicyclic) bond motifs is 2. The molecule has 80 valence electrons. The molecular weight excluding hydrogens is 200 g/mol. The number of rotatable bonds is 1. The topological polar surface area (TPSA) is 29.5 Å². The third-order valence-electron chi connectivity index (χ3n) is 2.96. The molecule has 0 aliphatic carbocycles. The lowest BCUT2D eigenvalue weighted by Crippen LogP contribution is -2.05. The van der Waals surface area contributed by atoms with Crippen molar-refractivity contribution in [1.29, 1.82) is 0 Å². The smallest absolute Gasteiger partial charge is 0.131 e. The summed E-state index contributed by atoms with van der Waals surface area (Å²) in [5.74, 6) is 1.79. The second-order valence-corrected chi connectivity index (χ2v) is 3.94. The van der Waals surface area contributed by atoms with Crippen LogP contribution in [0.3, 0.4) is 0 Å². The van der Waals surface area contributed by atoms with Crippen LogP contribution in [0.5, 0.6) is 11.5 Å². The molecule has 2 heteroatoms. The standard InChI is InChI=1S/C14H12O2/c15-9-11-5-3-7-14-12(11)8-10-4-1-2-6-13(10)16-14/h1-7,15H,8-9H2. The average molecular weight is 212 g/mol. The van der Waals surface area contributed by atoms with Gasteiger partial charge in [-0.05, 0) is 23.3 Å². The van der Waals surface area contributed by atoms with Crippen molar-refractivity contribution in [3.8, 4) is 11.5 Å². The normalized spacial score (nSPS) is 12.6. The van der Waals surface area contributed by atoms with E-state index in [1.54, 1.807) is 0 Å². The molecule has 3 rings (SSSR count). The van der Waals surface area contributed by atoms with Gasteiger partial charge in [0.15, 0.2) is 0 Å². The van der Waals surface area contributed by atoms with E-state index in [2.05, 4.69) is 6.07 Å². The van der Waals surface area contributed by atoms with Crippen LogP contribution in [-0.2, 0) is 13.0 Å². The molecule has 0 unspecified atom stereocenters. The first-order valence-corrected chi connectivity index (χ1v) is 5.36. The van der Waals surface area contributed by atoms with Crippen molar-refractivity contribution in [3.05, 3.63) is 59.2 Å². The van der Waals surface area contributed by atoms with Crippen LogP contribution < -0.4 is 4.74 Å². The zero-order valence-corrected chi connectivity index (χ0v) is 8.81. The van der Waals surface area contributed by atoms with Gasteiger partial charge < -0.3 is 9.84 Å². The van der Waals surface area contributed by atoms with Crippen LogP contribution in [0, 0.1) is 0 Å². The van der Waals surface area contributed by atoms with Crippen LogP contribution in [0.2, 0.25) is 0 Å². The van der Waals surface area contributed by atoms with Crippen molar-refractivity contribution < 1.29 is 9.84 Å². The molecule has 0 atom stereocenters. The fourth-order valence-corrected chi connectivity index (χ4v) is 2.11. The average Bonchev–Trinajstić information content (AvgIpc) is 2.35. The Morgan fingerprint density at radius 2 is 1.81 bits per heavy atom. The number of benzene rings is 2. The predicted octanol–water partition coefficient (Wildman–Crippen LogP) is 2.88. The SMILES string of the molecule is OCc1cccc2c1Cc1ccccc1O2. The summed E-state index contributed by atoms with van der Waals surface area (Å²) in [6.07, 6.45) is 0.836. The Labute approximate surface area is 94.1 Å². The molecule has 0 radical (unpaired) electrons. The molecule has 1 aliphatic heterocycles. The minimum absolute atomic E-state index is 0.0642. The van der Waals surface area contributed by atoms with Crippen LogP contribution >= 0.6 is 0 Å². The van der Waals surface area contributed by atoms with E-state index in [0.717, 1.165) is 29.0 Å². The molecule has 0 saturated heterocycles. The second-order valence-electron chi connectivity index (χ2n) is 3.94. The fraction of sp³-hybridized carbons (Fsp3) is 0.143. The zero-order valence-electron chi connectivity index (χ0n) is 8.81. The van der Waals surface area contributed by atoms with Crippen LogP contribution in [-0.4, -0.2) is 5.11 Å². The fourth-order valence-electron chi connectivity index (χ4n) is 2.11. The van der Waals surface area contributed by atoms with E-state index in [0.29, 0.717) is 0 Å². The van der Waals surface area contributed by atoms with Crippen LogP contribution in [0.15, 0.2) is 42.5 Å². The van der Waals surface area contributed by atoms with Crippen LogP contribution in [0.4, 0.5) is 0 Å². The van der Waals surface area contributed by atoms with Crippen LogP contribution in [0.25, 0.3) is 0 Å². The van der Waals surface area contributed by atoms with E-state index >= 15 is 0 Å². The van der Waals surface area contributed by atoms with Crippen molar-refractivity contribution in [2.45, 2.75) is 13.0 Å². The maximum absolute atomic E-state index is 9.29. The van der Waals surface area contributed by atoms with E-state index in [1.165, 1.54) is 5.56 Å². The molecule has 0 aromatic heterocycles. The van der Waals surface area contributed by atoms with Crippen LogP contribution in [0.1, 0.15) is 16.7 Å². The summed E-state index contributed by atoms with van der Waals surface area (Å²) < 4.78 is 5.81. The largest absolute Gasteiger partial charge is 0.457 e. The van der Waals surface area contributed by atoms with E-state index < -0.39 is 0 Å². The van der Waals surface area contributed by atoms with E-state index in [-0.39, 0.29) is 6.61 Å². The van der Waals surface area contributed by atoms with Gasteiger partial charge in [-0.15, -0.1) is 0 Å². The van der Waals surface area contributed by atoms with Gasteiger partial charge in [-0.25, -0.2) is 0 Å². The summed E-state index contributed by atoms with van der Waals surface area (Å²) in [5.41, 5.74) is 3.23. The molecule has 1 heterocycles. The highest BCUT2D eigenvalue weighted by molar-refractivity contribution is 5.52. The first kappa shape index (κ1) is 9.43. The van der Waals surface area contributed by atoms with Gasteiger partial charge in [0.25, 0.3) is 0 Å². The van der Waals surface area contributed by atoms with Crippen molar-refractivity contribution >= 4 is 0 Å². The number of ether oxygens (including phenoxy) is 1. The molecule has 2 aromatic carbocycles. The molecule has 16 heavy (non-hydrogen) atoms. The van der Waals surface area contributed by atoms with Gasteiger partial charge in [0.05, 0.1) is 6.61 Å². The first-order chi connectivity index (χ1) is 7.88. The first-order valence-electron chi connectivity index (χ1n) is 5.36. The third kappa shape index (κ3) is 1.39. The molecule has 0 spiro atoms. The summed E-state index contributed by atoms with van der Waals surface area (Å²) in [4.78, 5) is 0. The minimum atomic E-state index is 0.0642. The van der Waals surface area contributed by atoms with E-state index in [9.17, 15) is 5.11 Å². The van der Waals surface area contributed by atoms with Gasteiger partial charge in [-0.3, -0.25) is 0 Å². The molecule has 0 saturated carbocycles. The highest BCUT2D eigenvalue weighted by Crippen LogP contribution is 2.37. The third-order valence-corrected chi connectivity index (χ3v) is 2.96. The summed E-state index contributed by atoms with van der Waals surface area (Å²) in [6, 6.07) is 13.8. The summed E-state index contributed by atoms with van der Waals surface area (Å²) in [6.45, 7) is 0.0642. The zero-order chi connectivity index (χ0) is 11.0. The highest BCUT2D eigenvalue weighted by atomic mass is 16.5. The van der Waals surface area contributed by atoms with Gasteiger partial charge in [-0.1, -0.05) is 30.3 Å². The Bertz CT molecular complexity index is 532. The Balaban J connectivity index is 2.12. The van der Waals surface area contributed by atoms with Crippen molar-refractivity contribution in [1.82, 2.24) is 0 Å². The van der Waals surface area contributed by atoms with Gasteiger partial charge in [0, 0.05) is 12.0 Å². The summed E-state index contributed by atoms with van der Waals surface area (Å²) in [7, 11) is 0. The lowest BCUT2D eigenvalue weighted by atomic mass is 9.96. The predicted molar refractivity (Wildman–Crippen MR) is 61.7 cm³/mol. The number of aliphatic hydroxyl groups excluding tert-OH is 1. The van der Waals surface area contributed by atoms with Gasteiger partial charge in [0.2, 0.25) is 0 Å².